The van der Waals surface area contributed by atoms with Crippen molar-refractivity contribution in [1.82, 2.24) is 18.7 Å². The van der Waals surface area contributed by atoms with Gasteiger partial charge in [-0.25, -0.2) is 4.98 Å². The summed E-state index contributed by atoms with van der Waals surface area (Å²) in [5, 5.41) is 4.55. The van der Waals surface area contributed by atoms with Crippen LogP contribution in [0.25, 0.3) is 60.7 Å². The molecular weight excluding hydrogens is 857 g/mol. The number of ether oxygens (including phenoxy) is 1. The molecule has 0 unspecified atom stereocenters. The van der Waals surface area contributed by atoms with Gasteiger partial charge < -0.3 is 9.15 Å². The van der Waals surface area contributed by atoms with Gasteiger partial charge in [0.2, 0.25) is 11.4 Å². The number of aromatic nitrogens is 2. The van der Waals surface area contributed by atoms with E-state index < -0.39 is 0 Å². The first-order valence-electron chi connectivity index (χ1n) is 24.6. The van der Waals surface area contributed by atoms with Crippen molar-refractivity contribution in [1.29, 1.82) is 0 Å². The third kappa shape index (κ3) is 7.81. The molecule has 0 atom stereocenters. The lowest BCUT2D eigenvalue weighted by Crippen LogP contribution is -2.17. The Bertz CT molecular complexity index is 3790. The van der Waals surface area contributed by atoms with Crippen LogP contribution in [0.4, 0.5) is 22.7 Å². The number of nitrogens with zero attached hydrogens (tertiary/aromatic N) is 4. The lowest BCUT2D eigenvalue weighted by molar-refractivity contribution is 0.483. The van der Waals surface area contributed by atoms with Gasteiger partial charge in [0.25, 0.3) is 5.69 Å². The van der Waals surface area contributed by atoms with Crippen molar-refractivity contribution in [3.63, 3.8) is 0 Å². The van der Waals surface area contributed by atoms with Gasteiger partial charge in [-0.3, -0.25) is 4.57 Å². The summed E-state index contributed by atoms with van der Waals surface area (Å²) in [5.41, 5.74) is 14.9. The van der Waals surface area contributed by atoms with E-state index in [1.165, 1.54) is 27.6 Å². The fraction of sp³-hybridized carbons (Fsp3) is 0.250. The van der Waals surface area contributed by atoms with Crippen molar-refractivity contribution in [2.24, 2.45) is 0 Å². The second kappa shape index (κ2) is 16.0. The van der Waals surface area contributed by atoms with Gasteiger partial charge in [-0.2, -0.15) is 0 Å². The number of benzene rings is 7. The average Bonchev–Trinajstić information content (AvgIpc) is 4.00. The normalized spacial score (nSPS) is 13.4. The van der Waals surface area contributed by atoms with Crippen LogP contribution >= 0.6 is 0 Å². The minimum Gasteiger partial charge on any atom is -0.457 e. The third-order valence-electron chi connectivity index (χ3n) is 14.0. The fourth-order valence-electron chi connectivity index (χ4n) is 9.92. The van der Waals surface area contributed by atoms with E-state index in [9.17, 15) is 0 Å². The Morgan fingerprint density at radius 3 is 1.87 bits per heavy atom. The van der Waals surface area contributed by atoms with E-state index in [1.807, 2.05) is 18.3 Å². The molecule has 0 fully saturated rings. The van der Waals surface area contributed by atoms with E-state index >= 15 is 0 Å². The summed E-state index contributed by atoms with van der Waals surface area (Å²) in [6.45, 7) is 27.3. The summed E-state index contributed by atoms with van der Waals surface area (Å²) >= 11 is 0. The molecule has 10 aromatic rings. The molecule has 1 aliphatic rings. The van der Waals surface area contributed by atoms with Gasteiger partial charge in [-0.15, -0.1) is 0 Å². The molecule has 348 valence electrons. The van der Waals surface area contributed by atoms with Crippen LogP contribution in [0.1, 0.15) is 105 Å². The van der Waals surface area contributed by atoms with Crippen molar-refractivity contribution in [2.45, 2.75) is 105 Å². The third-order valence-corrected chi connectivity index (χ3v) is 14.0. The van der Waals surface area contributed by atoms with Gasteiger partial charge in [0.15, 0.2) is 0 Å². The largest absolute Gasteiger partial charge is 0.503 e. The van der Waals surface area contributed by atoms with Crippen LogP contribution in [-0.4, -0.2) is 15.6 Å². The lowest BCUT2D eigenvalue weighted by Gasteiger charge is -2.24. The first-order valence-corrected chi connectivity index (χ1v) is 24.6. The van der Waals surface area contributed by atoms with Crippen LogP contribution in [0.15, 0.2) is 162 Å². The summed E-state index contributed by atoms with van der Waals surface area (Å²) in [6, 6.07) is 58.3. The first-order chi connectivity index (χ1) is 33.2. The number of pyridine rings is 1. The Kier molecular flexibility index (Phi) is 10.3. The molecule has 0 spiro atoms. The molecule has 0 amide bonds. The van der Waals surface area contributed by atoms with Crippen molar-refractivity contribution < 1.29 is 9.15 Å². The molecule has 0 bridgehead atoms. The van der Waals surface area contributed by atoms with Crippen molar-refractivity contribution >= 4 is 72.5 Å². The Labute approximate surface area is 411 Å². The predicted octanol–water partition coefficient (Wildman–Crippen LogP) is 17.6. The molecule has 0 radical (unpaired) electrons. The smallest absolute Gasteiger partial charge is 0.457 e. The summed E-state index contributed by atoms with van der Waals surface area (Å²) in [4.78, 5) is 4.97. The fourth-order valence-corrected chi connectivity index (χ4v) is 9.92. The molecule has 1 aliphatic heterocycles. The standard InChI is InChI=1S/C64H62N4O2/c1-61(2,3)40-26-29-54-53(35-40)48-28-27-47(38-56(48)68(54)58-36-41(30-31-65-58)62(4,5)6)69-46-19-15-18-44(37-46)66-39-67(45-33-42(63(7,8)9)32-43(34-45)64(10,11)12)59-50(21-17-24-55(59)66)52-23-16-22-51-49-20-13-14-25-57(49)70-60(51)52/h13-38H,1-12H3/q+2. The second-order valence-electron chi connectivity index (χ2n) is 23.2. The quantitative estimate of drug-likeness (QED) is 0.156. The van der Waals surface area contributed by atoms with Gasteiger partial charge in [-0.05, 0) is 108 Å². The predicted molar refractivity (Wildman–Crippen MR) is 293 cm³/mol. The molecule has 3 aromatic heterocycles. The molecule has 6 nitrogen and oxygen atoms in total. The number of furan rings is 1. The van der Waals surface area contributed by atoms with E-state index in [4.69, 9.17) is 14.1 Å². The number of hydrogen-bond acceptors (Lipinski definition) is 3. The van der Waals surface area contributed by atoms with Crippen LogP contribution in [0, 0.1) is 0 Å². The van der Waals surface area contributed by atoms with Crippen LogP contribution in [0.3, 0.4) is 0 Å². The van der Waals surface area contributed by atoms with Gasteiger partial charge in [-0.1, -0.05) is 144 Å². The summed E-state index contributed by atoms with van der Waals surface area (Å²) in [6.07, 6.45) is 1.93. The second-order valence-corrected chi connectivity index (χ2v) is 23.2. The number of fused-ring (bicyclic) bond motifs is 7. The van der Waals surface area contributed by atoms with E-state index in [1.54, 1.807) is 0 Å². The van der Waals surface area contributed by atoms with Crippen molar-refractivity contribution in [2.75, 3.05) is 0 Å². The number of para-hydroxylation sites is 3. The highest BCUT2D eigenvalue weighted by Crippen LogP contribution is 2.47. The summed E-state index contributed by atoms with van der Waals surface area (Å²) in [5.74, 6) is 2.34. The highest BCUT2D eigenvalue weighted by molar-refractivity contribution is 6.12. The zero-order valence-electron chi connectivity index (χ0n) is 42.6. The Balaban J connectivity index is 1.07. The maximum absolute atomic E-state index is 6.89. The Hall–Kier alpha value is -7.53. The zero-order chi connectivity index (χ0) is 49.1. The highest BCUT2D eigenvalue weighted by Gasteiger charge is 2.41. The van der Waals surface area contributed by atoms with Gasteiger partial charge >= 0.3 is 11.7 Å². The van der Waals surface area contributed by atoms with Crippen molar-refractivity contribution in [3.05, 3.63) is 180 Å². The van der Waals surface area contributed by atoms with E-state index in [2.05, 4.69) is 242 Å². The topological polar surface area (TPSA) is 46.2 Å². The maximum atomic E-state index is 6.89. The number of hydrogen-bond donors (Lipinski definition) is 0. The average molecular weight is 919 g/mol. The highest BCUT2D eigenvalue weighted by atomic mass is 16.5. The molecule has 7 aromatic carbocycles. The first kappa shape index (κ1) is 44.9. The molecule has 0 saturated heterocycles. The minimum absolute atomic E-state index is 0.00119. The maximum Gasteiger partial charge on any atom is 0.503 e. The monoisotopic (exact) mass is 918 g/mol. The Morgan fingerprint density at radius 2 is 1.13 bits per heavy atom. The van der Waals surface area contributed by atoms with Gasteiger partial charge in [0.1, 0.15) is 28.5 Å². The van der Waals surface area contributed by atoms with Crippen LogP contribution in [0.2, 0.25) is 0 Å². The SMILES string of the molecule is CC(C)(C)c1cc([N+]2=C=[N+](c3cccc(Oc4ccc5c6cc(C(C)(C)C)ccc6n(-c6cc(C(C)(C)C)ccn6)c5c4)c3)c3cccc(-c4cccc5c4oc4ccccc45)c32)cc(C(C)(C)C)c1. The molecule has 70 heavy (non-hydrogen) atoms. The van der Waals surface area contributed by atoms with Crippen LogP contribution in [0.5, 0.6) is 11.5 Å². The molecular formula is C64H62N4O2+2. The molecule has 6 heteroatoms. The van der Waals surface area contributed by atoms with Crippen molar-refractivity contribution in [3.8, 4) is 28.4 Å². The van der Waals surface area contributed by atoms with Gasteiger partial charge in [0, 0.05) is 63.6 Å². The zero-order valence-corrected chi connectivity index (χ0v) is 42.6. The molecule has 0 saturated carbocycles. The number of rotatable bonds is 6. The molecule has 4 heterocycles. The molecule has 0 N–H and O–H groups in total. The molecule has 11 rings (SSSR count). The van der Waals surface area contributed by atoms with Crippen LogP contribution < -0.4 is 13.9 Å². The van der Waals surface area contributed by atoms with Crippen LogP contribution in [-0.2, 0) is 21.7 Å². The molecule has 0 aliphatic carbocycles. The van der Waals surface area contributed by atoms with Gasteiger partial charge in [0.05, 0.1) is 22.7 Å². The lowest BCUT2D eigenvalue weighted by atomic mass is 9.80. The Morgan fingerprint density at radius 1 is 0.471 bits per heavy atom. The van der Waals surface area contributed by atoms with E-state index in [0.717, 1.165) is 89.6 Å². The van der Waals surface area contributed by atoms with E-state index in [-0.39, 0.29) is 21.7 Å². The minimum atomic E-state index is -0.0803. The summed E-state index contributed by atoms with van der Waals surface area (Å²) in [7, 11) is 0. The summed E-state index contributed by atoms with van der Waals surface area (Å²) < 4.78 is 20.3. The van der Waals surface area contributed by atoms with E-state index in [0.29, 0.717) is 0 Å².